The average molecular weight is 358 g/mol. The molecule has 0 aliphatic heterocycles. The summed E-state index contributed by atoms with van der Waals surface area (Å²) in [6.45, 7) is 0. The molecule has 3 aromatic rings. The molecule has 0 aliphatic rings. The van der Waals surface area contributed by atoms with E-state index in [0.717, 1.165) is 11.0 Å². The van der Waals surface area contributed by atoms with E-state index < -0.39 is 0 Å². The van der Waals surface area contributed by atoms with E-state index >= 15 is 0 Å². The first-order valence-electron chi connectivity index (χ1n) is 7.11. The second-order valence-electron chi connectivity index (χ2n) is 5.17. The van der Waals surface area contributed by atoms with Gasteiger partial charge in [-0.15, -0.1) is 0 Å². The van der Waals surface area contributed by atoms with Crippen LogP contribution in [-0.4, -0.2) is 16.7 Å². The summed E-state index contributed by atoms with van der Waals surface area (Å²) in [5.74, 6) is 0.999. The number of para-hydroxylation sites is 2. The topological polar surface area (TPSA) is 50.8 Å². The van der Waals surface area contributed by atoms with E-state index in [2.05, 4.69) is 11.1 Å². The molecule has 0 amide bonds. The van der Waals surface area contributed by atoms with Crippen LogP contribution in [0.2, 0.25) is 10.0 Å². The lowest BCUT2D eigenvalue weighted by Crippen LogP contribution is -1.96. The Morgan fingerprint density at radius 3 is 2.50 bits per heavy atom. The summed E-state index contributed by atoms with van der Waals surface area (Å²) in [4.78, 5) is 4.54. The molecule has 3 rings (SSSR count). The van der Waals surface area contributed by atoms with Crippen molar-refractivity contribution in [2.24, 2.45) is 7.05 Å². The second kappa shape index (κ2) is 6.56. The molecule has 0 bridgehead atoms. The number of fused-ring (bicyclic) bond motifs is 1. The van der Waals surface area contributed by atoms with Gasteiger partial charge in [0.15, 0.2) is 11.6 Å². The minimum atomic E-state index is 0.388. The summed E-state index contributed by atoms with van der Waals surface area (Å²) in [6, 6.07) is 13.3. The number of hydrogen-bond donors (Lipinski definition) is 0. The number of nitrogens with zero attached hydrogens (tertiary/aromatic N) is 3. The quantitative estimate of drug-likeness (QED) is 0.623. The van der Waals surface area contributed by atoms with Crippen LogP contribution in [0.15, 0.2) is 36.4 Å². The first-order valence-corrected chi connectivity index (χ1v) is 7.87. The normalized spacial score (nSPS) is 11.5. The zero-order valence-corrected chi connectivity index (χ0v) is 14.6. The van der Waals surface area contributed by atoms with E-state index in [9.17, 15) is 5.26 Å². The van der Waals surface area contributed by atoms with Gasteiger partial charge in [0, 0.05) is 7.05 Å². The van der Waals surface area contributed by atoms with Gasteiger partial charge >= 0.3 is 0 Å². The van der Waals surface area contributed by atoms with E-state index in [0.29, 0.717) is 32.8 Å². The van der Waals surface area contributed by atoms with Crippen molar-refractivity contribution in [3.05, 3.63) is 57.8 Å². The van der Waals surface area contributed by atoms with Crippen LogP contribution in [0, 0.1) is 11.3 Å². The highest BCUT2D eigenvalue weighted by Crippen LogP contribution is 2.35. The minimum absolute atomic E-state index is 0.388. The van der Waals surface area contributed by atoms with Crippen molar-refractivity contribution in [2.45, 2.75) is 0 Å². The van der Waals surface area contributed by atoms with Crippen molar-refractivity contribution in [2.75, 3.05) is 7.11 Å². The van der Waals surface area contributed by atoms with Crippen LogP contribution < -0.4 is 4.74 Å². The summed E-state index contributed by atoms with van der Waals surface area (Å²) < 4.78 is 7.03. The van der Waals surface area contributed by atoms with Crippen LogP contribution in [0.3, 0.4) is 0 Å². The zero-order chi connectivity index (χ0) is 17.3. The number of nitriles is 1. The Labute approximate surface area is 149 Å². The molecule has 0 atom stereocenters. The average Bonchev–Trinajstić information content (AvgIpc) is 2.90. The van der Waals surface area contributed by atoms with Crippen molar-refractivity contribution < 1.29 is 4.74 Å². The van der Waals surface area contributed by atoms with Crippen LogP contribution >= 0.6 is 23.2 Å². The Kier molecular flexibility index (Phi) is 4.48. The first-order chi connectivity index (χ1) is 11.5. The number of imidazole rings is 1. The second-order valence-corrected chi connectivity index (χ2v) is 5.99. The molecular weight excluding hydrogens is 345 g/mol. The smallest absolute Gasteiger partial charge is 0.156 e. The number of allylic oxidation sites excluding steroid dienone is 1. The number of aromatic nitrogens is 2. The molecule has 1 heterocycles. The standard InChI is InChI=1S/C18H13Cl2N3O/c1-23-16-6-4-3-5-15(16)22-18(23)12(10-21)7-11-8-13(19)17(24-2)14(20)9-11/h3-9H,1-2H3/b12-7-. The number of halogens is 2. The predicted molar refractivity (Wildman–Crippen MR) is 97.2 cm³/mol. The maximum atomic E-state index is 9.57. The van der Waals surface area contributed by atoms with E-state index in [4.69, 9.17) is 27.9 Å². The molecule has 0 fully saturated rings. The van der Waals surface area contributed by atoms with Gasteiger partial charge in [-0.05, 0) is 35.9 Å². The van der Waals surface area contributed by atoms with Gasteiger partial charge in [-0.25, -0.2) is 4.98 Å². The van der Waals surface area contributed by atoms with Gasteiger partial charge in [-0.2, -0.15) is 5.26 Å². The molecule has 6 heteroatoms. The van der Waals surface area contributed by atoms with Gasteiger partial charge in [0.1, 0.15) is 6.07 Å². The maximum absolute atomic E-state index is 9.57. The van der Waals surface area contributed by atoms with Gasteiger partial charge in [0.05, 0.1) is 33.8 Å². The van der Waals surface area contributed by atoms with Crippen molar-refractivity contribution in [1.29, 1.82) is 5.26 Å². The Hall–Kier alpha value is -2.48. The summed E-state index contributed by atoms with van der Waals surface area (Å²) in [5.41, 5.74) is 2.92. The summed E-state index contributed by atoms with van der Waals surface area (Å²) in [7, 11) is 3.38. The molecule has 0 spiro atoms. The highest BCUT2D eigenvalue weighted by Gasteiger charge is 2.13. The Morgan fingerprint density at radius 2 is 1.92 bits per heavy atom. The number of methoxy groups -OCH3 is 1. The van der Waals surface area contributed by atoms with E-state index in [-0.39, 0.29) is 0 Å². The third-order valence-corrected chi connectivity index (χ3v) is 4.25. The summed E-state index contributed by atoms with van der Waals surface area (Å²) in [5, 5.41) is 10.3. The van der Waals surface area contributed by atoms with Crippen molar-refractivity contribution in [3.63, 3.8) is 0 Å². The van der Waals surface area contributed by atoms with Crippen molar-refractivity contribution >= 4 is 45.9 Å². The lowest BCUT2D eigenvalue weighted by Gasteiger charge is -2.07. The summed E-state index contributed by atoms with van der Waals surface area (Å²) >= 11 is 12.3. The third kappa shape index (κ3) is 2.84. The van der Waals surface area contributed by atoms with Crippen LogP contribution in [0.5, 0.6) is 5.75 Å². The molecule has 4 nitrogen and oxygen atoms in total. The molecule has 120 valence electrons. The van der Waals surface area contributed by atoms with Crippen LogP contribution in [0.25, 0.3) is 22.7 Å². The van der Waals surface area contributed by atoms with Crippen LogP contribution in [0.4, 0.5) is 0 Å². The number of hydrogen-bond acceptors (Lipinski definition) is 3. The largest absolute Gasteiger partial charge is 0.494 e. The number of benzene rings is 2. The molecule has 0 saturated carbocycles. The number of rotatable bonds is 3. The highest BCUT2D eigenvalue weighted by atomic mass is 35.5. The van der Waals surface area contributed by atoms with Crippen molar-refractivity contribution in [1.82, 2.24) is 9.55 Å². The zero-order valence-electron chi connectivity index (χ0n) is 13.0. The first kappa shape index (κ1) is 16.4. The Morgan fingerprint density at radius 1 is 1.25 bits per heavy atom. The highest BCUT2D eigenvalue weighted by molar-refractivity contribution is 6.37. The lowest BCUT2D eigenvalue weighted by atomic mass is 10.1. The van der Waals surface area contributed by atoms with E-state index in [1.807, 2.05) is 35.9 Å². The lowest BCUT2D eigenvalue weighted by molar-refractivity contribution is 0.415. The van der Waals surface area contributed by atoms with Gasteiger partial charge in [0.2, 0.25) is 0 Å². The predicted octanol–water partition coefficient (Wildman–Crippen LogP) is 4.95. The maximum Gasteiger partial charge on any atom is 0.156 e. The monoisotopic (exact) mass is 357 g/mol. The number of ether oxygens (including phenoxy) is 1. The number of aryl methyl sites for hydroxylation is 1. The Balaban J connectivity index is 2.13. The van der Waals surface area contributed by atoms with Gasteiger partial charge in [0.25, 0.3) is 0 Å². The Bertz CT molecular complexity index is 976. The SMILES string of the molecule is COc1c(Cl)cc(/C=C(/C#N)c2nc3ccccc3n2C)cc1Cl. The molecule has 24 heavy (non-hydrogen) atoms. The third-order valence-electron chi connectivity index (χ3n) is 3.68. The van der Waals surface area contributed by atoms with Crippen LogP contribution in [-0.2, 0) is 7.05 Å². The van der Waals surface area contributed by atoms with Crippen LogP contribution in [0.1, 0.15) is 11.4 Å². The minimum Gasteiger partial charge on any atom is -0.494 e. The summed E-state index contributed by atoms with van der Waals surface area (Å²) in [6.07, 6.45) is 1.71. The van der Waals surface area contributed by atoms with Crippen molar-refractivity contribution in [3.8, 4) is 11.8 Å². The molecule has 2 aromatic carbocycles. The molecule has 0 saturated heterocycles. The molecule has 0 N–H and O–H groups in total. The van der Waals surface area contributed by atoms with Gasteiger partial charge < -0.3 is 9.30 Å². The van der Waals surface area contributed by atoms with E-state index in [1.165, 1.54) is 7.11 Å². The fourth-order valence-corrected chi connectivity index (χ4v) is 3.22. The fourth-order valence-electron chi connectivity index (χ4n) is 2.56. The van der Waals surface area contributed by atoms with Gasteiger partial charge in [-0.1, -0.05) is 35.3 Å². The molecule has 0 unspecified atom stereocenters. The van der Waals surface area contributed by atoms with Gasteiger partial charge in [-0.3, -0.25) is 0 Å². The molecule has 1 aromatic heterocycles. The molecule has 0 radical (unpaired) electrons. The molecule has 0 aliphatic carbocycles. The molecular formula is C18H13Cl2N3O. The fraction of sp³-hybridized carbons (Fsp3) is 0.111. The van der Waals surface area contributed by atoms with E-state index in [1.54, 1.807) is 18.2 Å².